The van der Waals surface area contributed by atoms with E-state index in [1.165, 1.54) is 12.8 Å². The molecule has 0 atom stereocenters. The lowest BCUT2D eigenvalue weighted by Gasteiger charge is -2.22. The summed E-state index contributed by atoms with van der Waals surface area (Å²) in [6.45, 7) is 4.32. The van der Waals surface area contributed by atoms with Crippen molar-refractivity contribution < 1.29 is 0 Å². The standard InChI is InChI=1S/C10H18BrN3/c1-3-4-7-14(8-5-11)10-12-6-9-13(10)2/h6,9H,3-5,7-8H2,1-2H3. The predicted octanol–water partition coefficient (Wildman–Crippen LogP) is 2.42. The maximum atomic E-state index is 4.36. The summed E-state index contributed by atoms with van der Waals surface area (Å²) in [5.74, 6) is 1.07. The van der Waals surface area contributed by atoms with Gasteiger partial charge in [-0.15, -0.1) is 0 Å². The van der Waals surface area contributed by atoms with Gasteiger partial charge in [0, 0.05) is 37.9 Å². The summed E-state index contributed by atoms with van der Waals surface area (Å²) in [7, 11) is 2.04. The van der Waals surface area contributed by atoms with Gasteiger partial charge in [-0.2, -0.15) is 0 Å². The van der Waals surface area contributed by atoms with Gasteiger partial charge in [0.15, 0.2) is 0 Å². The van der Waals surface area contributed by atoms with Crippen LogP contribution in [0.15, 0.2) is 12.4 Å². The highest BCUT2D eigenvalue weighted by molar-refractivity contribution is 9.09. The van der Waals surface area contributed by atoms with Crippen molar-refractivity contribution in [1.29, 1.82) is 0 Å². The molecule has 0 bridgehead atoms. The van der Waals surface area contributed by atoms with Crippen molar-refractivity contribution in [3.63, 3.8) is 0 Å². The molecule has 1 aromatic rings. The Morgan fingerprint density at radius 1 is 1.50 bits per heavy atom. The second-order valence-corrected chi connectivity index (χ2v) is 4.16. The Balaban J connectivity index is 2.62. The summed E-state index contributed by atoms with van der Waals surface area (Å²) in [4.78, 5) is 6.67. The van der Waals surface area contributed by atoms with E-state index in [0.29, 0.717) is 0 Å². The molecule has 0 spiro atoms. The molecule has 1 heterocycles. The number of halogens is 1. The summed E-state index contributed by atoms with van der Waals surface area (Å²) in [6.07, 6.45) is 6.29. The van der Waals surface area contributed by atoms with Gasteiger partial charge in [0.1, 0.15) is 0 Å². The highest BCUT2D eigenvalue weighted by atomic mass is 79.9. The maximum Gasteiger partial charge on any atom is 0.205 e. The first kappa shape index (κ1) is 11.6. The third kappa shape index (κ3) is 3.01. The maximum absolute atomic E-state index is 4.36. The number of aryl methyl sites for hydroxylation is 1. The summed E-state index contributed by atoms with van der Waals surface area (Å²) < 4.78 is 2.07. The van der Waals surface area contributed by atoms with Gasteiger partial charge < -0.3 is 9.47 Å². The highest BCUT2D eigenvalue weighted by Crippen LogP contribution is 2.10. The van der Waals surface area contributed by atoms with E-state index in [1.54, 1.807) is 0 Å². The van der Waals surface area contributed by atoms with Crippen LogP contribution >= 0.6 is 15.9 Å². The summed E-state index contributed by atoms with van der Waals surface area (Å²) in [5, 5.41) is 0.990. The first-order chi connectivity index (χ1) is 6.79. The number of alkyl halides is 1. The van der Waals surface area contributed by atoms with E-state index >= 15 is 0 Å². The second-order valence-electron chi connectivity index (χ2n) is 3.37. The lowest BCUT2D eigenvalue weighted by molar-refractivity contribution is 0.700. The van der Waals surface area contributed by atoms with Crippen LogP contribution in [0.5, 0.6) is 0 Å². The lowest BCUT2D eigenvalue weighted by atomic mass is 10.3. The summed E-state index contributed by atoms with van der Waals surface area (Å²) in [6, 6.07) is 0. The minimum atomic E-state index is 0.990. The van der Waals surface area contributed by atoms with Crippen LogP contribution < -0.4 is 4.90 Å². The second kappa shape index (κ2) is 6.06. The molecule has 0 amide bonds. The van der Waals surface area contributed by atoms with Crippen molar-refractivity contribution in [2.45, 2.75) is 19.8 Å². The molecule has 0 saturated carbocycles. The van der Waals surface area contributed by atoms with Crippen LogP contribution in [0.3, 0.4) is 0 Å². The third-order valence-corrected chi connectivity index (χ3v) is 2.57. The quantitative estimate of drug-likeness (QED) is 0.732. The Morgan fingerprint density at radius 2 is 2.29 bits per heavy atom. The molecule has 1 aromatic heterocycles. The van der Waals surface area contributed by atoms with Gasteiger partial charge in [0.25, 0.3) is 0 Å². The van der Waals surface area contributed by atoms with E-state index in [4.69, 9.17) is 0 Å². The minimum Gasteiger partial charge on any atom is -0.341 e. The molecule has 0 saturated heterocycles. The number of imidazole rings is 1. The number of aromatic nitrogens is 2. The van der Waals surface area contributed by atoms with Crippen LogP contribution in [0, 0.1) is 0 Å². The van der Waals surface area contributed by atoms with Crippen molar-refractivity contribution in [1.82, 2.24) is 9.55 Å². The molecule has 3 nitrogen and oxygen atoms in total. The monoisotopic (exact) mass is 259 g/mol. The zero-order chi connectivity index (χ0) is 10.4. The molecule has 0 aliphatic heterocycles. The van der Waals surface area contributed by atoms with E-state index < -0.39 is 0 Å². The van der Waals surface area contributed by atoms with Crippen LogP contribution in [0.2, 0.25) is 0 Å². The molecule has 4 heteroatoms. The van der Waals surface area contributed by atoms with Crippen molar-refractivity contribution in [3.8, 4) is 0 Å². The number of unbranched alkanes of at least 4 members (excludes halogenated alkanes) is 1. The average molecular weight is 260 g/mol. The largest absolute Gasteiger partial charge is 0.341 e. The fourth-order valence-electron chi connectivity index (χ4n) is 1.43. The van der Waals surface area contributed by atoms with Gasteiger partial charge in [-0.3, -0.25) is 0 Å². The van der Waals surface area contributed by atoms with Gasteiger partial charge in [-0.05, 0) is 6.42 Å². The Bertz CT molecular complexity index is 260. The van der Waals surface area contributed by atoms with Crippen molar-refractivity contribution in [2.24, 2.45) is 7.05 Å². The average Bonchev–Trinajstić information content (AvgIpc) is 2.59. The highest BCUT2D eigenvalue weighted by Gasteiger charge is 2.08. The zero-order valence-corrected chi connectivity index (χ0v) is 10.5. The zero-order valence-electron chi connectivity index (χ0n) is 8.91. The molecule has 1 rings (SSSR count). The van der Waals surface area contributed by atoms with Crippen LogP contribution in [0.4, 0.5) is 5.95 Å². The molecule has 0 radical (unpaired) electrons. The molecule has 0 fully saturated rings. The SMILES string of the molecule is CCCCN(CCBr)c1nccn1C. The first-order valence-corrected chi connectivity index (χ1v) is 6.20. The normalized spacial score (nSPS) is 10.5. The fraction of sp³-hybridized carbons (Fsp3) is 0.700. The molecule has 0 aliphatic rings. The van der Waals surface area contributed by atoms with Gasteiger partial charge in [-0.25, -0.2) is 4.98 Å². The van der Waals surface area contributed by atoms with Gasteiger partial charge >= 0.3 is 0 Å². The van der Waals surface area contributed by atoms with Crippen LogP contribution in [-0.4, -0.2) is 28.0 Å². The van der Waals surface area contributed by atoms with Crippen molar-refractivity contribution in [3.05, 3.63) is 12.4 Å². The van der Waals surface area contributed by atoms with E-state index in [1.807, 2.05) is 19.4 Å². The number of nitrogens with zero attached hydrogens (tertiary/aromatic N) is 3. The Morgan fingerprint density at radius 3 is 2.79 bits per heavy atom. The van der Waals surface area contributed by atoms with Gasteiger partial charge in [0.2, 0.25) is 5.95 Å². The van der Waals surface area contributed by atoms with Gasteiger partial charge in [-0.1, -0.05) is 29.3 Å². The van der Waals surface area contributed by atoms with Crippen LogP contribution in [0.1, 0.15) is 19.8 Å². The minimum absolute atomic E-state index is 0.990. The molecule has 14 heavy (non-hydrogen) atoms. The molecule has 0 aliphatic carbocycles. The third-order valence-electron chi connectivity index (χ3n) is 2.21. The fourth-order valence-corrected chi connectivity index (χ4v) is 1.85. The Kier molecular flexibility index (Phi) is 5.01. The van der Waals surface area contributed by atoms with Crippen molar-refractivity contribution >= 4 is 21.9 Å². The van der Waals surface area contributed by atoms with E-state index in [0.717, 1.165) is 24.4 Å². The number of hydrogen-bond acceptors (Lipinski definition) is 2. The molecule has 0 N–H and O–H groups in total. The summed E-state index contributed by atoms with van der Waals surface area (Å²) in [5.41, 5.74) is 0. The van der Waals surface area contributed by atoms with Crippen molar-refractivity contribution in [2.75, 3.05) is 23.3 Å². The summed E-state index contributed by atoms with van der Waals surface area (Å²) >= 11 is 3.47. The van der Waals surface area contributed by atoms with Gasteiger partial charge in [0.05, 0.1) is 0 Å². The van der Waals surface area contributed by atoms with Crippen LogP contribution in [0.25, 0.3) is 0 Å². The first-order valence-electron chi connectivity index (χ1n) is 5.07. The van der Waals surface area contributed by atoms with E-state index in [9.17, 15) is 0 Å². The predicted molar refractivity (Wildman–Crippen MR) is 64.1 cm³/mol. The molecular formula is C10H18BrN3. The lowest BCUT2D eigenvalue weighted by Crippen LogP contribution is -2.28. The van der Waals surface area contributed by atoms with E-state index in [-0.39, 0.29) is 0 Å². The smallest absolute Gasteiger partial charge is 0.205 e. The topological polar surface area (TPSA) is 21.1 Å². The van der Waals surface area contributed by atoms with Crippen LogP contribution in [-0.2, 0) is 7.05 Å². The number of hydrogen-bond donors (Lipinski definition) is 0. The molecule has 80 valence electrons. The Hall–Kier alpha value is -0.510. The number of anilines is 1. The molecule has 0 aromatic carbocycles. The molecular weight excluding hydrogens is 242 g/mol. The Labute approximate surface area is 94.3 Å². The molecule has 0 unspecified atom stereocenters. The number of rotatable bonds is 6. The van der Waals surface area contributed by atoms with E-state index in [2.05, 4.69) is 37.3 Å².